The summed E-state index contributed by atoms with van der Waals surface area (Å²) in [6, 6.07) is 15.2. The van der Waals surface area contributed by atoms with Crippen molar-refractivity contribution in [3.05, 3.63) is 70.4 Å². The SMILES string of the molecule is CCCC(=O)Nc1cccc(NC(=O)c2ccc(-c3ccc(Cl)cc3Cl)o2)c1. The van der Waals surface area contributed by atoms with Crippen molar-refractivity contribution in [3.63, 3.8) is 0 Å². The number of carbonyl (C=O) groups excluding carboxylic acids is 2. The number of hydrogen-bond acceptors (Lipinski definition) is 3. The van der Waals surface area contributed by atoms with Crippen molar-refractivity contribution in [2.45, 2.75) is 19.8 Å². The number of amides is 2. The van der Waals surface area contributed by atoms with Crippen LogP contribution in [0.5, 0.6) is 0 Å². The summed E-state index contributed by atoms with van der Waals surface area (Å²) in [7, 11) is 0. The molecule has 0 fully saturated rings. The number of carbonyl (C=O) groups is 2. The van der Waals surface area contributed by atoms with Crippen LogP contribution in [0.25, 0.3) is 11.3 Å². The molecule has 0 saturated heterocycles. The summed E-state index contributed by atoms with van der Waals surface area (Å²) in [4.78, 5) is 24.2. The fourth-order valence-corrected chi connectivity index (χ4v) is 3.11. The zero-order valence-corrected chi connectivity index (χ0v) is 16.6. The number of halogens is 2. The Labute approximate surface area is 172 Å². The monoisotopic (exact) mass is 416 g/mol. The highest BCUT2D eigenvalue weighted by atomic mass is 35.5. The van der Waals surface area contributed by atoms with E-state index in [0.717, 1.165) is 6.42 Å². The molecule has 0 spiro atoms. The van der Waals surface area contributed by atoms with Gasteiger partial charge in [0, 0.05) is 28.4 Å². The first-order valence-electron chi connectivity index (χ1n) is 8.73. The molecule has 5 nitrogen and oxygen atoms in total. The third-order valence-electron chi connectivity index (χ3n) is 3.91. The van der Waals surface area contributed by atoms with Crippen LogP contribution in [0.1, 0.15) is 30.3 Å². The number of nitrogens with one attached hydrogen (secondary N) is 2. The molecule has 2 N–H and O–H groups in total. The topological polar surface area (TPSA) is 71.3 Å². The van der Waals surface area contributed by atoms with Crippen molar-refractivity contribution in [3.8, 4) is 11.3 Å². The first-order valence-corrected chi connectivity index (χ1v) is 9.48. The minimum absolute atomic E-state index is 0.0681. The zero-order valence-electron chi connectivity index (χ0n) is 15.1. The number of furan rings is 1. The Hall–Kier alpha value is -2.76. The lowest BCUT2D eigenvalue weighted by Crippen LogP contribution is -2.13. The van der Waals surface area contributed by atoms with E-state index in [9.17, 15) is 9.59 Å². The minimum Gasteiger partial charge on any atom is -0.451 e. The quantitative estimate of drug-likeness (QED) is 0.498. The summed E-state index contributed by atoms with van der Waals surface area (Å²) in [6.07, 6.45) is 1.21. The molecule has 0 radical (unpaired) electrons. The van der Waals surface area contributed by atoms with Crippen LogP contribution in [0, 0.1) is 0 Å². The van der Waals surface area contributed by atoms with E-state index in [0.29, 0.717) is 39.2 Å². The number of rotatable bonds is 6. The second-order valence-corrected chi connectivity index (χ2v) is 6.96. The number of benzene rings is 2. The van der Waals surface area contributed by atoms with Crippen LogP contribution < -0.4 is 10.6 Å². The molecule has 0 aliphatic rings. The Morgan fingerprint density at radius 1 is 0.964 bits per heavy atom. The molecule has 144 valence electrons. The Morgan fingerprint density at radius 3 is 2.43 bits per heavy atom. The molecule has 2 amide bonds. The average molecular weight is 417 g/mol. The molecule has 0 unspecified atom stereocenters. The molecular weight excluding hydrogens is 399 g/mol. The molecule has 1 heterocycles. The highest BCUT2D eigenvalue weighted by Crippen LogP contribution is 2.31. The van der Waals surface area contributed by atoms with Crippen LogP contribution >= 0.6 is 23.2 Å². The number of anilines is 2. The molecule has 0 aliphatic carbocycles. The summed E-state index contributed by atoms with van der Waals surface area (Å²) in [5.74, 6) is 0.128. The second-order valence-electron chi connectivity index (χ2n) is 6.12. The van der Waals surface area contributed by atoms with E-state index in [2.05, 4.69) is 10.6 Å². The fourth-order valence-electron chi connectivity index (χ4n) is 2.61. The summed E-state index contributed by atoms with van der Waals surface area (Å²) in [5.41, 5.74) is 1.80. The predicted octanol–water partition coefficient (Wildman–Crippen LogP) is 6.24. The van der Waals surface area contributed by atoms with Gasteiger partial charge in [0.2, 0.25) is 5.91 Å². The van der Waals surface area contributed by atoms with Gasteiger partial charge in [0.15, 0.2) is 5.76 Å². The van der Waals surface area contributed by atoms with Crippen molar-refractivity contribution in [2.24, 2.45) is 0 Å². The van der Waals surface area contributed by atoms with Gasteiger partial charge in [-0.2, -0.15) is 0 Å². The molecule has 0 aliphatic heterocycles. The number of hydrogen-bond donors (Lipinski definition) is 2. The van der Waals surface area contributed by atoms with Gasteiger partial charge in [-0.25, -0.2) is 0 Å². The van der Waals surface area contributed by atoms with Gasteiger partial charge in [-0.3, -0.25) is 9.59 Å². The van der Waals surface area contributed by atoms with Gasteiger partial charge in [0.05, 0.1) is 5.02 Å². The average Bonchev–Trinajstić information content (AvgIpc) is 3.12. The minimum atomic E-state index is -0.409. The predicted molar refractivity (Wildman–Crippen MR) is 112 cm³/mol. The van der Waals surface area contributed by atoms with Gasteiger partial charge < -0.3 is 15.1 Å². The Balaban J connectivity index is 1.72. The highest BCUT2D eigenvalue weighted by Gasteiger charge is 2.15. The fraction of sp³-hybridized carbons (Fsp3) is 0.143. The van der Waals surface area contributed by atoms with E-state index in [1.807, 2.05) is 6.92 Å². The lowest BCUT2D eigenvalue weighted by atomic mass is 10.2. The van der Waals surface area contributed by atoms with Crippen LogP contribution in [0.2, 0.25) is 10.0 Å². The zero-order chi connectivity index (χ0) is 20.1. The van der Waals surface area contributed by atoms with E-state index in [4.69, 9.17) is 27.6 Å². The van der Waals surface area contributed by atoms with Crippen LogP contribution in [-0.4, -0.2) is 11.8 Å². The molecule has 1 aromatic heterocycles. The first kappa shape index (κ1) is 20.0. The molecule has 3 aromatic rings. The maximum Gasteiger partial charge on any atom is 0.291 e. The molecule has 0 bridgehead atoms. The van der Waals surface area contributed by atoms with E-state index in [1.165, 1.54) is 0 Å². The van der Waals surface area contributed by atoms with Crippen LogP contribution in [0.15, 0.2) is 59.0 Å². The van der Waals surface area contributed by atoms with Crippen molar-refractivity contribution >= 4 is 46.4 Å². The molecule has 3 rings (SSSR count). The lowest BCUT2D eigenvalue weighted by Gasteiger charge is -2.08. The van der Waals surface area contributed by atoms with Gasteiger partial charge >= 0.3 is 0 Å². The summed E-state index contributed by atoms with van der Waals surface area (Å²) in [6.45, 7) is 1.94. The van der Waals surface area contributed by atoms with Crippen molar-refractivity contribution in [2.75, 3.05) is 10.6 Å². The van der Waals surface area contributed by atoms with Crippen molar-refractivity contribution in [1.29, 1.82) is 0 Å². The van der Waals surface area contributed by atoms with Crippen LogP contribution in [-0.2, 0) is 4.79 Å². The van der Waals surface area contributed by atoms with E-state index < -0.39 is 5.91 Å². The molecule has 2 aromatic carbocycles. The largest absolute Gasteiger partial charge is 0.451 e. The van der Waals surface area contributed by atoms with Crippen LogP contribution in [0.3, 0.4) is 0 Å². The smallest absolute Gasteiger partial charge is 0.291 e. The molecule has 0 saturated carbocycles. The Morgan fingerprint density at radius 2 is 1.71 bits per heavy atom. The van der Waals surface area contributed by atoms with Crippen molar-refractivity contribution in [1.82, 2.24) is 0 Å². The highest BCUT2D eigenvalue weighted by molar-refractivity contribution is 6.36. The normalized spacial score (nSPS) is 10.5. The van der Waals surface area contributed by atoms with Gasteiger partial charge in [-0.05, 0) is 55.0 Å². The summed E-state index contributed by atoms with van der Waals surface area (Å²) < 4.78 is 5.64. The maximum absolute atomic E-state index is 12.5. The Bertz CT molecular complexity index is 1010. The molecule has 7 heteroatoms. The molecule has 0 atom stereocenters. The van der Waals surface area contributed by atoms with Gasteiger partial charge in [-0.15, -0.1) is 0 Å². The third-order valence-corrected chi connectivity index (χ3v) is 4.46. The van der Waals surface area contributed by atoms with E-state index in [-0.39, 0.29) is 11.7 Å². The Kier molecular flexibility index (Phi) is 6.39. The second kappa shape index (κ2) is 8.95. The van der Waals surface area contributed by atoms with Gasteiger partial charge in [0.25, 0.3) is 5.91 Å². The summed E-state index contributed by atoms with van der Waals surface area (Å²) in [5, 5.41) is 6.50. The van der Waals surface area contributed by atoms with Gasteiger partial charge in [-0.1, -0.05) is 36.2 Å². The van der Waals surface area contributed by atoms with E-state index >= 15 is 0 Å². The van der Waals surface area contributed by atoms with Gasteiger partial charge in [0.1, 0.15) is 5.76 Å². The molecule has 28 heavy (non-hydrogen) atoms. The van der Waals surface area contributed by atoms with Crippen LogP contribution in [0.4, 0.5) is 11.4 Å². The molecular formula is C21H18Cl2N2O3. The van der Waals surface area contributed by atoms with Crippen molar-refractivity contribution < 1.29 is 14.0 Å². The first-order chi connectivity index (χ1) is 13.5. The third kappa shape index (κ3) is 4.94. The van der Waals surface area contributed by atoms with E-state index in [1.54, 1.807) is 54.6 Å². The maximum atomic E-state index is 12.5. The summed E-state index contributed by atoms with van der Waals surface area (Å²) >= 11 is 12.1. The lowest BCUT2D eigenvalue weighted by molar-refractivity contribution is -0.116. The standard InChI is InChI=1S/C21H18Cl2N2O3/c1-2-4-20(26)24-14-5-3-6-15(12-14)25-21(27)19-10-9-18(28-19)16-8-7-13(22)11-17(16)23/h3,5-12H,2,4H2,1H3,(H,24,26)(H,25,27).